The van der Waals surface area contributed by atoms with Crippen LogP contribution in [0.1, 0.15) is 0 Å². The summed E-state index contributed by atoms with van der Waals surface area (Å²) in [6.07, 6.45) is 2.63. The summed E-state index contributed by atoms with van der Waals surface area (Å²) < 4.78 is 65.5. The molecule has 5 aromatic rings. The topological polar surface area (TPSA) is 0 Å². The SMILES string of the molecule is F[P-](F)(F)(F)(F)F.[Cl][Pt].c1ccc(P(CC[As](c2ccccc2)c2ccccc2)CC[As](c2ccccc2)c2ccccc2)cc1. The van der Waals surface area contributed by atoms with E-state index in [9.17, 15) is 25.2 Å². The summed E-state index contributed by atoms with van der Waals surface area (Å²) in [6.45, 7) is 0. The summed E-state index contributed by atoms with van der Waals surface area (Å²) in [4.78, 5) is 0. The molecule has 0 radical (unpaired) electrons. The maximum atomic E-state index is 9.87. The number of hydrogen-bond donors (Lipinski definition) is 0. The van der Waals surface area contributed by atoms with Crippen LogP contribution in [-0.2, 0) is 18.8 Å². The van der Waals surface area contributed by atoms with Crippen LogP contribution in [0.15, 0.2) is 152 Å². The van der Waals surface area contributed by atoms with Crippen LogP contribution in [0, 0.1) is 0 Å². The minimum atomic E-state index is -10.7. The van der Waals surface area contributed by atoms with Gasteiger partial charge in [-0.3, -0.25) is 0 Å². The van der Waals surface area contributed by atoms with E-state index in [4.69, 9.17) is 0 Å². The van der Waals surface area contributed by atoms with E-state index in [1.54, 1.807) is 41.5 Å². The normalized spacial score (nSPS) is 12.8. The Kier molecular flexibility index (Phi) is 15.2. The van der Waals surface area contributed by atoms with E-state index in [-0.39, 0.29) is 7.92 Å². The third-order valence-corrected chi connectivity index (χ3v) is 21.2. The first-order chi connectivity index (χ1) is 21.8. The van der Waals surface area contributed by atoms with Gasteiger partial charge in [0.2, 0.25) is 0 Å². The van der Waals surface area contributed by atoms with Gasteiger partial charge < -0.3 is 0 Å². The molecule has 0 aliphatic carbocycles. The molecule has 249 valence electrons. The molecular formula is C34H33As2ClF6P2Pt-. The van der Waals surface area contributed by atoms with Crippen molar-refractivity contribution in [2.45, 2.75) is 10.4 Å². The van der Waals surface area contributed by atoms with Crippen LogP contribution >= 0.6 is 25.1 Å². The van der Waals surface area contributed by atoms with Crippen molar-refractivity contribution in [3.63, 3.8) is 0 Å². The van der Waals surface area contributed by atoms with Crippen LogP contribution in [0.25, 0.3) is 0 Å². The molecule has 5 rings (SSSR count). The summed E-state index contributed by atoms with van der Waals surface area (Å²) in [5.41, 5.74) is 0. The van der Waals surface area contributed by atoms with Crippen molar-refractivity contribution in [2.24, 2.45) is 0 Å². The van der Waals surface area contributed by atoms with Crippen LogP contribution in [0.3, 0.4) is 0 Å². The second-order valence-corrected chi connectivity index (χ2v) is 24.1. The Labute approximate surface area is 293 Å². The molecule has 0 atom stereocenters. The Morgan fingerprint density at radius 3 is 0.891 bits per heavy atom. The maximum absolute atomic E-state index is 10.7. The fourth-order valence-electron chi connectivity index (χ4n) is 4.70. The minimum absolute atomic E-state index is 0.209. The van der Waals surface area contributed by atoms with Crippen LogP contribution in [-0.4, -0.2) is 41.6 Å². The van der Waals surface area contributed by atoms with Gasteiger partial charge >= 0.3 is 296 Å². The summed E-state index contributed by atoms with van der Waals surface area (Å²) >= 11 is -1.10. The molecule has 0 saturated carbocycles. The quantitative estimate of drug-likeness (QED) is 0.0704. The Balaban J connectivity index is 0.000000568. The zero-order valence-corrected chi connectivity index (χ0v) is 33.1. The third-order valence-electron chi connectivity index (χ3n) is 6.58. The first-order valence-electron chi connectivity index (χ1n) is 14.1. The van der Waals surface area contributed by atoms with Gasteiger partial charge in [-0.05, 0) is 0 Å². The van der Waals surface area contributed by atoms with Crippen LogP contribution < -0.4 is 22.7 Å². The van der Waals surface area contributed by atoms with Gasteiger partial charge in [0, 0.05) is 0 Å². The molecule has 0 bridgehead atoms. The van der Waals surface area contributed by atoms with Gasteiger partial charge in [-0.15, -0.1) is 0 Å². The molecule has 0 fully saturated rings. The average molecular weight is 998 g/mol. The van der Waals surface area contributed by atoms with Crippen LogP contribution in [0.2, 0.25) is 10.4 Å². The first kappa shape index (κ1) is 39.1. The monoisotopic (exact) mass is 997 g/mol. The van der Waals surface area contributed by atoms with Gasteiger partial charge in [-0.1, -0.05) is 0 Å². The predicted molar refractivity (Wildman–Crippen MR) is 188 cm³/mol. The van der Waals surface area contributed by atoms with Crippen LogP contribution in [0.5, 0.6) is 0 Å². The van der Waals surface area contributed by atoms with E-state index in [1.807, 2.05) is 0 Å². The van der Waals surface area contributed by atoms with Gasteiger partial charge in [-0.2, -0.15) is 0 Å². The molecule has 0 aliphatic rings. The summed E-state index contributed by atoms with van der Waals surface area (Å²) in [6, 6.07) is 56.7. The predicted octanol–water partition coefficient (Wildman–Crippen LogP) is 9.48. The molecule has 0 unspecified atom stereocenters. The van der Waals surface area contributed by atoms with Crippen molar-refractivity contribution in [2.75, 3.05) is 12.3 Å². The molecule has 5 aromatic carbocycles. The Hall–Kier alpha value is -1.36. The van der Waals surface area contributed by atoms with E-state index in [0.717, 1.165) is 0 Å². The molecule has 0 nitrogen and oxygen atoms in total. The van der Waals surface area contributed by atoms with Crippen molar-refractivity contribution in [3.8, 4) is 0 Å². The van der Waals surface area contributed by atoms with Crippen molar-refractivity contribution in [1.82, 2.24) is 0 Å². The van der Waals surface area contributed by atoms with E-state index in [1.165, 1.54) is 22.7 Å². The summed E-state index contributed by atoms with van der Waals surface area (Å²) in [5, 5.41) is 4.22. The van der Waals surface area contributed by atoms with Crippen molar-refractivity contribution in [3.05, 3.63) is 152 Å². The van der Waals surface area contributed by atoms with Crippen molar-refractivity contribution < 1.29 is 44.0 Å². The molecule has 0 saturated heterocycles. The molecule has 12 heteroatoms. The van der Waals surface area contributed by atoms with E-state index in [2.05, 4.69) is 161 Å². The fourth-order valence-corrected chi connectivity index (χ4v) is 20.4. The summed E-state index contributed by atoms with van der Waals surface area (Å²) in [7, 11) is -6.26. The van der Waals surface area contributed by atoms with Crippen molar-refractivity contribution >= 4 is 77.2 Å². The van der Waals surface area contributed by atoms with Gasteiger partial charge in [0.25, 0.3) is 0 Å². The molecule has 0 amide bonds. The molecule has 0 aromatic heterocycles. The second kappa shape index (κ2) is 17.9. The average Bonchev–Trinajstić information content (AvgIpc) is 3.06. The zero-order valence-electron chi connectivity index (χ0n) is 24.5. The van der Waals surface area contributed by atoms with Gasteiger partial charge in [0.1, 0.15) is 0 Å². The number of hydrogen-bond acceptors (Lipinski definition) is 0. The molecule has 0 heterocycles. The molecule has 46 heavy (non-hydrogen) atoms. The van der Waals surface area contributed by atoms with Crippen LogP contribution in [0.4, 0.5) is 25.2 Å². The van der Waals surface area contributed by atoms with E-state index < -0.39 is 37.1 Å². The number of rotatable bonds is 11. The standard InChI is InChI=1S/C34H33As2P.ClH.F6P.Pt/c1-6-16-30(17-7-1)35(31-18-8-2-9-19-31)26-28-37(34-24-14-5-15-25-34)29-27-36(32-20-10-3-11-21-32)33-22-12-4-13-23-33;;1-7(2,3,4,5)6;/h1-25H,26-29H2;1H;;/q;;-1;+1/p-1. The molecule has 0 N–H and O–H groups in total. The Morgan fingerprint density at radius 2 is 0.652 bits per heavy atom. The van der Waals surface area contributed by atoms with Gasteiger partial charge in [-0.25, -0.2) is 0 Å². The van der Waals surface area contributed by atoms with Gasteiger partial charge in [0.15, 0.2) is 0 Å². The third kappa shape index (κ3) is 15.7. The van der Waals surface area contributed by atoms with E-state index in [0.29, 0.717) is 0 Å². The first-order valence-corrected chi connectivity index (χ1v) is 27.0. The Morgan fingerprint density at radius 1 is 0.435 bits per heavy atom. The fraction of sp³-hybridized carbons (Fsp3) is 0.118. The Bertz CT molecular complexity index is 1380. The number of benzene rings is 5. The van der Waals surface area contributed by atoms with Crippen molar-refractivity contribution in [1.29, 1.82) is 0 Å². The molecular weight excluding hydrogens is 965 g/mol. The zero-order chi connectivity index (χ0) is 33.5. The number of halogens is 7. The summed E-state index contributed by atoms with van der Waals surface area (Å²) in [5.74, 6) is 0. The van der Waals surface area contributed by atoms with E-state index >= 15 is 0 Å². The van der Waals surface area contributed by atoms with Gasteiger partial charge in [0.05, 0.1) is 0 Å². The molecule has 0 spiro atoms. The second-order valence-electron chi connectivity index (χ2n) is 9.93. The molecule has 0 aliphatic heterocycles.